The van der Waals surface area contributed by atoms with Gasteiger partial charge in [-0.05, 0) is 49.1 Å². The molecule has 0 aliphatic heterocycles. The first-order valence-electron chi connectivity index (χ1n) is 8.73. The Balaban J connectivity index is 2.33. The van der Waals surface area contributed by atoms with E-state index in [1.54, 1.807) is 32.0 Å². The van der Waals surface area contributed by atoms with Crippen LogP contribution in [0.3, 0.4) is 0 Å². The van der Waals surface area contributed by atoms with Gasteiger partial charge in [-0.25, -0.2) is 8.42 Å². The van der Waals surface area contributed by atoms with Crippen LogP contribution in [0.2, 0.25) is 5.02 Å². The molecular weight excluding hydrogens is 384 g/mol. The van der Waals surface area contributed by atoms with Gasteiger partial charge in [-0.1, -0.05) is 48.9 Å². The summed E-state index contributed by atoms with van der Waals surface area (Å²) < 4.78 is 26.2. The molecule has 0 aliphatic rings. The number of aryl methyl sites for hydroxylation is 2. The first-order valence-corrected chi connectivity index (χ1v) is 11.0. The minimum atomic E-state index is -3.69. The molecule has 27 heavy (non-hydrogen) atoms. The fourth-order valence-electron chi connectivity index (χ4n) is 2.96. The van der Waals surface area contributed by atoms with E-state index in [0.717, 1.165) is 22.9 Å². The molecule has 7 heteroatoms. The average molecular weight is 409 g/mol. The third-order valence-corrected chi connectivity index (χ3v) is 5.85. The van der Waals surface area contributed by atoms with Gasteiger partial charge in [0.05, 0.1) is 11.9 Å². The highest BCUT2D eigenvalue weighted by molar-refractivity contribution is 7.92. The Morgan fingerprint density at radius 2 is 1.81 bits per heavy atom. The van der Waals surface area contributed by atoms with E-state index >= 15 is 0 Å². The molecule has 0 radical (unpaired) electrons. The van der Waals surface area contributed by atoms with Crippen molar-refractivity contribution in [2.45, 2.75) is 39.8 Å². The largest absolute Gasteiger partial charge is 0.350 e. The highest BCUT2D eigenvalue weighted by Gasteiger charge is 2.32. The van der Waals surface area contributed by atoms with E-state index in [2.05, 4.69) is 5.32 Å². The quantitative estimate of drug-likeness (QED) is 0.757. The van der Waals surface area contributed by atoms with Gasteiger partial charge in [-0.15, -0.1) is 0 Å². The van der Waals surface area contributed by atoms with Gasteiger partial charge in [0.2, 0.25) is 15.9 Å². The van der Waals surface area contributed by atoms with Crippen molar-refractivity contribution in [3.05, 3.63) is 64.2 Å². The summed E-state index contributed by atoms with van der Waals surface area (Å²) in [4.78, 5) is 12.9. The van der Waals surface area contributed by atoms with Crippen LogP contribution in [0.15, 0.2) is 42.5 Å². The molecule has 2 rings (SSSR count). The Morgan fingerprint density at radius 1 is 1.15 bits per heavy atom. The van der Waals surface area contributed by atoms with Gasteiger partial charge in [0, 0.05) is 11.6 Å². The fraction of sp³-hybridized carbons (Fsp3) is 0.350. The summed E-state index contributed by atoms with van der Waals surface area (Å²) in [7, 11) is -3.69. The Labute approximate surface area is 166 Å². The number of carbonyl (C=O) groups excluding carboxylic acids is 1. The lowest BCUT2D eigenvalue weighted by molar-refractivity contribution is -0.122. The van der Waals surface area contributed by atoms with Crippen LogP contribution in [0.1, 0.15) is 30.0 Å². The molecule has 0 aromatic heterocycles. The first-order chi connectivity index (χ1) is 12.6. The third-order valence-electron chi connectivity index (χ3n) is 4.45. The van der Waals surface area contributed by atoms with Crippen molar-refractivity contribution in [2.24, 2.45) is 0 Å². The molecule has 146 valence electrons. The molecule has 1 atom stereocenters. The number of nitrogens with zero attached hydrogens (tertiary/aromatic N) is 1. The highest BCUT2D eigenvalue weighted by atomic mass is 35.5. The highest BCUT2D eigenvalue weighted by Crippen LogP contribution is 2.29. The lowest BCUT2D eigenvalue weighted by atomic mass is 10.1. The van der Waals surface area contributed by atoms with Crippen LogP contribution in [-0.4, -0.2) is 26.6 Å². The van der Waals surface area contributed by atoms with Crippen molar-refractivity contribution >= 4 is 33.2 Å². The maximum atomic E-state index is 12.9. The van der Waals surface area contributed by atoms with Crippen molar-refractivity contribution in [2.75, 3.05) is 10.6 Å². The zero-order valence-corrected chi connectivity index (χ0v) is 17.6. The Hall–Kier alpha value is -2.05. The zero-order chi connectivity index (χ0) is 20.2. The summed E-state index contributed by atoms with van der Waals surface area (Å²) >= 11 is 6.08. The number of halogens is 1. The van der Waals surface area contributed by atoms with E-state index in [1.807, 2.05) is 31.2 Å². The van der Waals surface area contributed by atoms with Gasteiger partial charge < -0.3 is 5.32 Å². The number of anilines is 1. The summed E-state index contributed by atoms with van der Waals surface area (Å²) in [5.41, 5.74) is 3.21. The molecule has 0 saturated carbocycles. The van der Waals surface area contributed by atoms with E-state index in [9.17, 15) is 13.2 Å². The number of nitrogens with one attached hydrogen (secondary N) is 1. The number of rotatable bonds is 7. The minimum Gasteiger partial charge on any atom is -0.350 e. The summed E-state index contributed by atoms with van der Waals surface area (Å²) in [5.74, 6) is -0.342. The SMILES string of the molecule is CCC(C(=O)NCc1ccccc1C)N(c1cc(Cl)ccc1C)S(C)(=O)=O. The molecule has 2 aromatic rings. The smallest absolute Gasteiger partial charge is 0.244 e. The Bertz CT molecular complexity index is 929. The number of hydrogen-bond acceptors (Lipinski definition) is 3. The van der Waals surface area contributed by atoms with Crippen LogP contribution in [0.25, 0.3) is 0 Å². The lowest BCUT2D eigenvalue weighted by Crippen LogP contribution is -2.49. The molecule has 5 nitrogen and oxygen atoms in total. The van der Waals surface area contributed by atoms with E-state index in [4.69, 9.17) is 11.6 Å². The lowest BCUT2D eigenvalue weighted by Gasteiger charge is -2.31. The predicted molar refractivity (Wildman–Crippen MR) is 111 cm³/mol. The summed E-state index contributed by atoms with van der Waals surface area (Å²) in [6, 6.07) is 11.9. The third kappa shape index (κ3) is 5.23. The first kappa shape index (κ1) is 21.3. The minimum absolute atomic E-state index is 0.332. The molecule has 1 unspecified atom stereocenters. The molecule has 0 heterocycles. The Kier molecular flexibility index (Phi) is 6.89. The summed E-state index contributed by atoms with van der Waals surface area (Å²) in [6.07, 6.45) is 1.43. The van der Waals surface area contributed by atoms with Gasteiger partial charge in [0.25, 0.3) is 0 Å². The number of hydrogen-bond donors (Lipinski definition) is 1. The fourth-order valence-corrected chi connectivity index (χ4v) is 4.39. The van der Waals surface area contributed by atoms with Gasteiger partial charge in [0.15, 0.2) is 0 Å². The molecule has 1 amide bonds. The number of benzene rings is 2. The van der Waals surface area contributed by atoms with E-state index in [1.165, 1.54) is 4.31 Å². The maximum absolute atomic E-state index is 12.9. The number of carbonyl (C=O) groups is 1. The number of amides is 1. The van der Waals surface area contributed by atoms with Crippen LogP contribution in [-0.2, 0) is 21.4 Å². The van der Waals surface area contributed by atoms with Crippen LogP contribution in [0.4, 0.5) is 5.69 Å². The molecule has 2 aromatic carbocycles. The molecule has 1 N–H and O–H groups in total. The summed E-state index contributed by atoms with van der Waals surface area (Å²) in [6.45, 7) is 5.89. The van der Waals surface area contributed by atoms with Gasteiger partial charge >= 0.3 is 0 Å². The van der Waals surface area contributed by atoms with Gasteiger partial charge in [0.1, 0.15) is 6.04 Å². The monoisotopic (exact) mass is 408 g/mol. The molecule has 0 spiro atoms. The second kappa shape index (κ2) is 8.76. The molecule has 0 saturated heterocycles. The molecule has 0 bridgehead atoms. The van der Waals surface area contributed by atoms with E-state index in [-0.39, 0.29) is 5.91 Å². The second-order valence-electron chi connectivity index (χ2n) is 6.56. The van der Waals surface area contributed by atoms with Crippen molar-refractivity contribution in [1.82, 2.24) is 5.32 Å². The molecule has 0 aliphatic carbocycles. The maximum Gasteiger partial charge on any atom is 0.244 e. The van der Waals surface area contributed by atoms with Crippen LogP contribution >= 0.6 is 11.6 Å². The van der Waals surface area contributed by atoms with E-state index in [0.29, 0.717) is 23.7 Å². The predicted octanol–water partition coefficient (Wildman–Crippen LogP) is 3.82. The average Bonchev–Trinajstić information content (AvgIpc) is 2.60. The summed E-state index contributed by atoms with van der Waals surface area (Å²) in [5, 5.41) is 3.29. The standard InChI is InChI=1S/C20H25ClN2O3S/c1-5-18(20(24)22-13-16-9-7-6-8-14(16)2)23(27(4,25)26)19-12-17(21)11-10-15(19)3/h6-12,18H,5,13H2,1-4H3,(H,22,24). The van der Waals surface area contributed by atoms with E-state index < -0.39 is 16.1 Å². The van der Waals surface area contributed by atoms with Crippen molar-refractivity contribution in [3.63, 3.8) is 0 Å². The van der Waals surface area contributed by atoms with Crippen LogP contribution in [0, 0.1) is 13.8 Å². The van der Waals surface area contributed by atoms with Crippen LogP contribution < -0.4 is 9.62 Å². The Morgan fingerprint density at radius 3 is 2.41 bits per heavy atom. The van der Waals surface area contributed by atoms with Crippen LogP contribution in [0.5, 0.6) is 0 Å². The van der Waals surface area contributed by atoms with Gasteiger partial charge in [-0.2, -0.15) is 0 Å². The molecule has 0 fully saturated rings. The van der Waals surface area contributed by atoms with Gasteiger partial charge in [-0.3, -0.25) is 9.10 Å². The second-order valence-corrected chi connectivity index (χ2v) is 8.85. The topological polar surface area (TPSA) is 66.5 Å². The van der Waals surface area contributed by atoms with Crippen molar-refractivity contribution in [1.29, 1.82) is 0 Å². The number of sulfonamides is 1. The normalized spacial score (nSPS) is 12.5. The van der Waals surface area contributed by atoms with Crippen molar-refractivity contribution < 1.29 is 13.2 Å². The molecular formula is C20H25ClN2O3S. The zero-order valence-electron chi connectivity index (χ0n) is 16.0. The van der Waals surface area contributed by atoms with Crippen molar-refractivity contribution in [3.8, 4) is 0 Å².